The summed E-state index contributed by atoms with van der Waals surface area (Å²) in [4.78, 5) is 2.69. The standard InChI is InChI=1S/C17H23NO2/c1-19-12-9-14-13(15(10-12)20-2)11-18-8-7-17(14)6-4-3-5-16(17)18/h9-10,16H,3-8,11H2,1-2H3. The molecule has 2 aliphatic heterocycles. The molecule has 3 unspecified atom stereocenters. The van der Waals surface area contributed by atoms with Gasteiger partial charge in [-0.25, -0.2) is 0 Å². The fourth-order valence-electron chi connectivity index (χ4n) is 4.91. The second kappa shape index (κ2) is 4.39. The Balaban J connectivity index is 1.92. The highest BCUT2D eigenvalue weighted by Crippen LogP contribution is 2.55. The number of nitrogens with zero attached hydrogens (tertiary/aromatic N) is 1. The molecule has 20 heavy (non-hydrogen) atoms. The molecule has 3 aliphatic rings. The molecule has 1 aromatic rings. The van der Waals surface area contributed by atoms with Crippen molar-refractivity contribution in [1.82, 2.24) is 4.90 Å². The van der Waals surface area contributed by atoms with Crippen LogP contribution in [-0.4, -0.2) is 31.7 Å². The van der Waals surface area contributed by atoms with Crippen molar-refractivity contribution in [3.05, 3.63) is 23.3 Å². The fourth-order valence-corrected chi connectivity index (χ4v) is 4.91. The van der Waals surface area contributed by atoms with Crippen LogP contribution in [0.4, 0.5) is 0 Å². The van der Waals surface area contributed by atoms with Crippen LogP contribution in [-0.2, 0) is 12.0 Å². The lowest BCUT2D eigenvalue weighted by Gasteiger charge is -2.47. The second-order valence-corrected chi connectivity index (χ2v) is 6.49. The number of rotatable bonds is 2. The average Bonchev–Trinajstić information content (AvgIpc) is 2.79. The molecule has 1 aliphatic carbocycles. The molecule has 4 rings (SSSR count). The van der Waals surface area contributed by atoms with Crippen LogP contribution in [0.5, 0.6) is 11.5 Å². The molecule has 1 aromatic carbocycles. The van der Waals surface area contributed by atoms with Gasteiger partial charge in [0.1, 0.15) is 11.5 Å². The van der Waals surface area contributed by atoms with Gasteiger partial charge >= 0.3 is 0 Å². The van der Waals surface area contributed by atoms with E-state index in [1.54, 1.807) is 14.2 Å². The Kier molecular flexibility index (Phi) is 2.75. The van der Waals surface area contributed by atoms with Crippen LogP contribution in [0.25, 0.3) is 0 Å². The summed E-state index contributed by atoms with van der Waals surface area (Å²) in [5.74, 6) is 1.95. The maximum Gasteiger partial charge on any atom is 0.127 e. The summed E-state index contributed by atoms with van der Waals surface area (Å²) >= 11 is 0. The normalized spacial score (nSPS) is 34.3. The molecule has 3 nitrogen and oxygen atoms in total. The zero-order valence-electron chi connectivity index (χ0n) is 12.4. The van der Waals surface area contributed by atoms with E-state index in [2.05, 4.69) is 11.0 Å². The van der Waals surface area contributed by atoms with Crippen molar-refractivity contribution >= 4 is 0 Å². The Hall–Kier alpha value is -1.22. The first-order valence-electron chi connectivity index (χ1n) is 7.78. The zero-order valence-corrected chi connectivity index (χ0v) is 12.4. The largest absolute Gasteiger partial charge is 0.497 e. The molecule has 2 bridgehead atoms. The van der Waals surface area contributed by atoms with E-state index in [4.69, 9.17) is 9.47 Å². The molecule has 0 aromatic heterocycles. The molecular weight excluding hydrogens is 250 g/mol. The number of fused-ring (bicyclic) bond motifs is 1. The van der Waals surface area contributed by atoms with Gasteiger partial charge < -0.3 is 9.47 Å². The van der Waals surface area contributed by atoms with E-state index in [1.807, 2.05) is 6.07 Å². The monoisotopic (exact) mass is 273 g/mol. The van der Waals surface area contributed by atoms with Gasteiger partial charge in [-0.2, -0.15) is 0 Å². The van der Waals surface area contributed by atoms with E-state index in [-0.39, 0.29) is 0 Å². The number of ether oxygens (including phenoxy) is 2. The quantitative estimate of drug-likeness (QED) is 0.826. The first-order chi connectivity index (χ1) is 9.78. The maximum absolute atomic E-state index is 5.65. The van der Waals surface area contributed by atoms with E-state index in [1.165, 1.54) is 49.8 Å². The van der Waals surface area contributed by atoms with Crippen molar-refractivity contribution < 1.29 is 9.47 Å². The van der Waals surface area contributed by atoms with Gasteiger partial charge in [-0.3, -0.25) is 4.90 Å². The predicted molar refractivity (Wildman–Crippen MR) is 78.5 cm³/mol. The van der Waals surface area contributed by atoms with E-state index in [9.17, 15) is 0 Å². The lowest BCUT2D eigenvalue weighted by molar-refractivity contribution is 0.130. The minimum Gasteiger partial charge on any atom is -0.497 e. The number of hydrogen-bond donors (Lipinski definition) is 0. The van der Waals surface area contributed by atoms with E-state index >= 15 is 0 Å². The molecule has 0 spiro atoms. The highest BCUT2D eigenvalue weighted by atomic mass is 16.5. The lowest BCUT2D eigenvalue weighted by atomic mass is 9.63. The Labute approximate surface area is 120 Å². The van der Waals surface area contributed by atoms with Crippen LogP contribution in [0.3, 0.4) is 0 Å². The lowest BCUT2D eigenvalue weighted by Crippen LogP contribution is -2.48. The number of hydrogen-bond acceptors (Lipinski definition) is 3. The first kappa shape index (κ1) is 12.5. The van der Waals surface area contributed by atoms with Crippen molar-refractivity contribution in [2.45, 2.75) is 50.1 Å². The van der Waals surface area contributed by atoms with Crippen molar-refractivity contribution in [2.24, 2.45) is 0 Å². The fraction of sp³-hybridized carbons (Fsp3) is 0.647. The molecule has 1 saturated heterocycles. The summed E-state index contributed by atoms with van der Waals surface area (Å²) in [6.07, 6.45) is 6.75. The molecule has 3 heteroatoms. The van der Waals surface area contributed by atoms with Crippen LogP contribution in [0, 0.1) is 0 Å². The third-order valence-electron chi connectivity index (χ3n) is 5.81. The predicted octanol–water partition coefficient (Wildman–Crippen LogP) is 3.10. The van der Waals surface area contributed by atoms with Crippen LogP contribution in [0.2, 0.25) is 0 Å². The zero-order chi connectivity index (χ0) is 13.7. The number of benzene rings is 1. The van der Waals surface area contributed by atoms with Crippen molar-refractivity contribution in [1.29, 1.82) is 0 Å². The van der Waals surface area contributed by atoms with Gasteiger partial charge in [-0.15, -0.1) is 0 Å². The second-order valence-electron chi connectivity index (χ2n) is 6.49. The summed E-state index contributed by atoms with van der Waals surface area (Å²) in [6.45, 7) is 2.29. The molecule has 1 saturated carbocycles. The smallest absolute Gasteiger partial charge is 0.127 e. The summed E-state index contributed by atoms with van der Waals surface area (Å²) in [5, 5.41) is 0. The SMILES string of the molecule is COc1cc(OC)c2c(c1)C13CCCCC1N(CC3)C2. The molecule has 0 radical (unpaired) electrons. The van der Waals surface area contributed by atoms with Gasteiger partial charge in [0.05, 0.1) is 14.2 Å². The molecule has 0 N–H and O–H groups in total. The van der Waals surface area contributed by atoms with Crippen LogP contribution < -0.4 is 9.47 Å². The van der Waals surface area contributed by atoms with Gasteiger partial charge in [-0.1, -0.05) is 12.8 Å². The Bertz CT molecular complexity index is 542. The van der Waals surface area contributed by atoms with Crippen LogP contribution >= 0.6 is 0 Å². The Morgan fingerprint density at radius 1 is 1.15 bits per heavy atom. The van der Waals surface area contributed by atoms with Gasteiger partial charge in [-0.05, 0) is 37.4 Å². The van der Waals surface area contributed by atoms with Gasteiger partial charge in [0.15, 0.2) is 0 Å². The number of methoxy groups -OCH3 is 2. The highest BCUT2D eigenvalue weighted by molar-refractivity contribution is 5.53. The summed E-state index contributed by atoms with van der Waals surface area (Å²) in [6, 6.07) is 5.08. The molecule has 3 atom stereocenters. The third-order valence-corrected chi connectivity index (χ3v) is 5.81. The highest BCUT2D eigenvalue weighted by Gasteiger charge is 2.53. The molecule has 2 fully saturated rings. The minimum absolute atomic E-state index is 0.369. The minimum atomic E-state index is 0.369. The van der Waals surface area contributed by atoms with Crippen LogP contribution in [0.15, 0.2) is 12.1 Å². The van der Waals surface area contributed by atoms with Gasteiger partial charge in [0.2, 0.25) is 0 Å². The van der Waals surface area contributed by atoms with E-state index < -0.39 is 0 Å². The van der Waals surface area contributed by atoms with Crippen molar-refractivity contribution in [3.8, 4) is 11.5 Å². The molecule has 0 amide bonds. The molecular formula is C17H23NO2. The third kappa shape index (κ3) is 1.50. The van der Waals surface area contributed by atoms with Crippen molar-refractivity contribution in [2.75, 3.05) is 20.8 Å². The van der Waals surface area contributed by atoms with Gasteiger partial charge in [0, 0.05) is 29.6 Å². The summed E-state index contributed by atoms with van der Waals surface area (Å²) in [5.41, 5.74) is 3.30. The Morgan fingerprint density at radius 2 is 2.05 bits per heavy atom. The Morgan fingerprint density at radius 3 is 2.85 bits per heavy atom. The summed E-state index contributed by atoms with van der Waals surface area (Å²) in [7, 11) is 3.53. The van der Waals surface area contributed by atoms with E-state index in [0.29, 0.717) is 5.41 Å². The molecule has 2 heterocycles. The van der Waals surface area contributed by atoms with E-state index in [0.717, 1.165) is 24.1 Å². The summed E-state index contributed by atoms with van der Waals surface area (Å²) < 4.78 is 11.2. The maximum atomic E-state index is 5.65. The molecule has 108 valence electrons. The first-order valence-corrected chi connectivity index (χ1v) is 7.78. The topological polar surface area (TPSA) is 21.7 Å². The van der Waals surface area contributed by atoms with Crippen LogP contribution in [0.1, 0.15) is 43.2 Å². The van der Waals surface area contributed by atoms with Crippen molar-refractivity contribution in [3.63, 3.8) is 0 Å². The average molecular weight is 273 g/mol. The van der Waals surface area contributed by atoms with Gasteiger partial charge in [0.25, 0.3) is 0 Å².